The predicted octanol–water partition coefficient (Wildman–Crippen LogP) is 1.47. The Bertz CT molecular complexity index is 456. The van der Waals surface area contributed by atoms with Gasteiger partial charge in [-0.1, -0.05) is 32.6 Å². The number of carbonyl (C=O) groups excluding carboxylic acids is 2. The Balaban J connectivity index is 3.82. The number of carboxylic acids is 2. The molecule has 0 aromatic rings. The Morgan fingerprint density at radius 2 is 1.58 bits per heavy atom. The van der Waals surface area contributed by atoms with E-state index in [4.69, 9.17) is 10.2 Å². The zero-order valence-corrected chi connectivity index (χ0v) is 15.4. The first kappa shape index (κ1) is 23.7. The van der Waals surface area contributed by atoms with Gasteiger partial charge in [-0.3, -0.25) is 9.59 Å². The third kappa shape index (κ3) is 14.1. The highest BCUT2D eigenvalue weighted by Gasteiger charge is 2.19. The van der Waals surface area contributed by atoms with Crippen LogP contribution in [0.25, 0.3) is 0 Å². The SMILES string of the molecule is CCCCCCCC(=O)NCCCCC(NC(=O)NCC(=O)O)C(=O)O. The smallest absolute Gasteiger partial charge is 0.326 e. The standard InChI is InChI=1S/C17H31N3O6/c1-2-3-4-5-6-10-14(21)18-11-8-7-9-13(16(24)25)20-17(26)19-12-15(22)23/h13H,2-12H2,1H3,(H,18,21)(H,22,23)(H,24,25)(H2,19,20,26). The molecule has 9 heteroatoms. The lowest BCUT2D eigenvalue weighted by atomic mass is 10.1. The largest absolute Gasteiger partial charge is 0.480 e. The summed E-state index contributed by atoms with van der Waals surface area (Å²) in [5, 5.41) is 24.6. The summed E-state index contributed by atoms with van der Waals surface area (Å²) in [5.41, 5.74) is 0. The zero-order valence-electron chi connectivity index (χ0n) is 15.4. The molecule has 26 heavy (non-hydrogen) atoms. The molecule has 0 saturated carbocycles. The van der Waals surface area contributed by atoms with Gasteiger partial charge in [-0.05, 0) is 25.7 Å². The van der Waals surface area contributed by atoms with Crippen LogP contribution >= 0.6 is 0 Å². The molecular weight excluding hydrogens is 342 g/mol. The molecule has 9 nitrogen and oxygen atoms in total. The molecule has 0 radical (unpaired) electrons. The van der Waals surface area contributed by atoms with Crippen LogP contribution in [-0.4, -0.2) is 53.2 Å². The lowest BCUT2D eigenvalue weighted by Crippen LogP contribution is -2.47. The van der Waals surface area contributed by atoms with Gasteiger partial charge in [-0.25, -0.2) is 9.59 Å². The molecule has 0 aliphatic rings. The molecule has 1 atom stereocenters. The Hall–Kier alpha value is -2.32. The van der Waals surface area contributed by atoms with E-state index in [0.717, 1.165) is 19.3 Å². The number of hydrogen-bond acceptors (Lipinski definition) is 4. The third-order valence-corrected chi connectivity index (χ3v) is 3.75. The van der Waals surface area contributed by atoms with Crippen LogP contribution in [0.2, 0.25) is 0 Å². The quantitative estimate of drug-likeness (QED) is 0.275. The average Bonchev–Trinajstić information content (AvgIpc) is 2.58. The second-order valence-corrected chi connectivity index (χ2v) is 6.12. The lowest BCUT2D eigenvalue weighted by Gasteiger charge is -2.14. The van der Waals surface area contributed by atoms with Crippen LogP contribution in [0.1, 0.15) is 64.7 Å². The molecule has 5 N–H and O–H groups in total. The molecule has 0 fully saturated rings. The van der Waals surface area contributed by atoms with E-state index in [1.165, 1.54) is 12.8 Å². The van der Waals surface area contributed by atoms with Gasteiger partial charge in [0.2, 0.25) is 5.91 Å². The average molecular weight is 373 g/mol. The number of unbranched alkanes of at least 4 members (excludes halogenated alkanes) is 5. The van der Waals surface area contributed by atoms with Crippen LogP contribution in [0.4, 0.5) is 4.79 Å². The van der Waals surface area contributed by atoms with Crippen molar-refractivity contribution in [1.82, 2.24) is 16.0 Å². The molecule has 0 aromatic heterocycles. The summed E-state index contributed by atoms with van der Waals surface area (Å²) >= 11 is 0. The van der Waals surface area contributed by atoms with Crippen LogP contribution in [0.3, 0.4) is 0 Å². The van der Waals surface area contributed by atoms with Crippen molar-refractivity contribution in [3.8, 4) is 0 Å². The number of rotatable bonds is 15. The molecular formula is C17H31N3O6. The van der Waals surface area contributed by atoms with Crippen LogP contribution in [0, 0.1) is 0 Å². The summed E-state index contributed by atoms with van der Waals surface area (Å²) in [6.07, 6.45) is 7.24. The number of carbonyl (C=O) groups is 4. The lowest BCUT2D eigenvalue weighted by molar-refractivity contribution is -0.139. The maximum absolute atomic E-state index is 11.6. The van der Waals surface area contributed by atoms with Crippen LogP contribution in [-0.2, 0) is 14.4 Å². The van der Waals surface area contributed by atoms with Gasteiger partial charge in [0.05, 0.1) is 0 Å². The number of amides is 3. The van der Waals surface area contributed by atoms with Gasteiger partial charge in [0.1, 0.15) is 12.6 Å². The van der Waals surface area contributed by atoms with Crippen LogP contribution < -0.4 is 16.0 Å². The summed E-state index contributed by atoms with van der Waals surface area (Å²) in [7, 11) is 0. The molecule has 0 rings (SSSR count). The number of nitrogens with one attached hydrogen (secondary N) is 3. The van der Waals surface area contributed by atoms with Gasteiger partial charge >= 0.3 is 18.0 Å². The van der Waals surface area contributed by atoms with Crippen molar-refractivity contribution < 1.29 is 29.4 Å². The van der Waals surface area contributed by atoms with E-state index in [-0.39, 0.29) is 12.3 Å². The monoisotopic (exact) mass is 373 g/mol. The highest BCUT2D eigenvalue weighted by atomic mass is 16.4. The number of carboxylic acid groups (broad SMARTS) is 2. The number of urea groups is 1. The van der Waals surface area contributed by atoms with Gasteiger partial charge in [0.15, 0.2) is 0 Å². The molecule has 150 valence electrons. The fraction of sp³-hybridized carbons (Fsp3) is 0.765. The Morgan fingerprint density at radius 3 is 2.19 bits per heavy atom. The van der Waals surface area contributed by atoms with E-state index < -0.39 is 30.6 Å². The van der Waals surface area contributed by atoms with E-state index in [1.807, 2.05) is 5.32 Å². The molecule has 0 bridgehead atoms. The highest BCUT2D eigenvalue weighted by Crippen LogP contribution is 2.05. The summed E-state index contributed by atoms with van der Waals surface area (Å²) in [5.74, 6) is -2.40. The highest BCUT2D eigenvalue weighted by molar-refractivity contribution is 5.84. The first-order valence-electron chi connectivity index (χ1n) is 9.12. The minimum Gasteiger partial charge on any atom is -0.480 e. The third-order valence-electron chi connectivity index (χ3n) is 3.75. The van der Waals surface area contributed by atoms with Crippen molar-refractivity contribution in [1.29, 1.82) is 0 Å². The Morgan fingerprint density at radius 1 is 0.885 bits per heavy atom. The number of aliphatic carboxylic acids is 2. The van der Waals surface area contributed by atoms with Gasteiger partial charge < -0.3 is 26.2 Å². The van der Waals surface area contributed by atoms with Crippen LogP contribution in [0.5, 0.6) is 0 Å². The van der Waals surface area contributed by atoms with Gasteiger partial charge in [-0.15, -0.1) is 0 Å². The van der Waals surface area contributed by atoms with Crippen molar-refractivity contribution >= 4 is 23.9 Å². The maximum atomic E-state index is 11.6. The molecule has 0 aromatic carbocycles. The van der Waals surface area contributed by atoms with Crippen LogP contribution in [0.15, 0.2) is 0 Å². The molecule has 0 saturated heterocycles. The Kier molecular flexibility index (Phi) is 13.6. The van der Waals surface area contributed by atoms with E-state index >= 15 is 0 Å². The van der Waals surface area contributed by atoms with E-state index in [1.54, 1.807) is 0 Å². The molecule has 0 aliphatic heterocycles. The van der Waals surface area contributed by atoms with E-state index in [2.05, 4.69) is 17.6 Å². The van der Waals surface area contributed by atoms with Crippen molar-refractivity contribution in [2.45, 2.75) is 70.8 Å². The molecule has 0 aliphatic carbocycles. The van der Waals surface area contributed by atoms with Crippen molar-refractivity contribution in [2.75, 3.05) is 13.1 Å². The topological polar surface area (TPSA) is 145 Å². The zero-order chi connectivity index (χ0) is 19.8. The second kappa shape index (κ2) is 15.0. The fourth-order valence-electron chi connectivity index (χ4n) is 2.30. The molecule has 1 unspecified atom stereocenters. The summed E-state index contributed by atoms with van der Waals surface area (Å²) in [4.78, 5) is 44.5. The molecule has 0 spiro atoms. The van der Waals surface area contributed by atoms with E-state index in [0.29, 0.717) is 25.8 Å². The first-order valence-corrected chi connectivity index (χ1v) is 9.12. The van der Waals surface area contributed by atoms with Gasteiger partial charge in [0.25, 0.3) is 0 Å². The predicted molar refractivity (Wildman–Crippen MR) is 95.8 cm³/mol. The summed E-state index contributed by atoms with van der Waals surface area (Å²) in [6, 6.07) is -1.94. The maximum Gasteiger partial charge on any atom is 0.326 e. The fourth-order valence-corrected chi connectivity index (χ4v) is 2.30. The number of hydrogen-bond donors (Lipinski definition) is 5. The van der Waals surface area contributed by atoms with Crippen molar-refractivity contribution in [3.05, 3.63) is 0 Å². The summed E-state index contributed by atoms with van der Waals surface area (Å²) < 4.78 is 0. The van der Waals surface area contributed by atoms with E-state index in [9.17, 15) is 19.2 Å². The Labute approximate surface area is 153 Å². The van der Waals surface area contributed by atoms with Gasteiger partial charge in [0, 0.05) is 13.0 Å². The van der Waals surface area contributed by atoms with Crippen molar-refractivity contribution in [2.24, 2.45) is 0 Å². The minimum atomic E-state index is -1.21. The van der Waals surface area contributed by atoms with Gasteiger partial charge in [-0.2, -0.15) is 0 Å². The molecule has 3 amide bonds. The first-order chi connectivity index (χ1) is 12.4. The normalized spacial score (nSPS) is 11.4. The molecule has 0 heterocycles. The van der Waals surface area contributed by atoms with Crippen molar-refractivity contribution in [3.63, 3.8) is 0 Å². The summed E-state index contributed by atoms with van der Waals surface area (Å²) in [6.45, 7) is 2.02. The minimum absolute atomic E-state index is 0.00227. The second-order valence-electron chi connectivity index (χ2n) is 6.12.